The van der Waals surface area contributed by atoms with Crippen LogP contribution in [0.1, 0.15) is 12.6 Å². The van der Waals surface area contributed by atoms with Gasteiger partial charge in [0.05, 0.1) is 23.7 Å². The number of hydrogen-bond donors (Lipinski definition) is 0. The van der Waals surface area contributed by atoms with Crippen LogP contribution in [0, 0.1) is 5.82 Å². The third kappa shape index (κ3) is 6.22. The topological polar surface area (TPSA) is 102 Å². The summed E-state index contributed by atoms with van der Waals surface area (Å²) in [5.41, 5.74) is -3.62. The molecule has 2 aromatic heterocycles. The third-order valence-corrected chi connectivity index (χ3v) is 4.93. The lowest BCUT2D eigenvalue weighted by molar-refractivity contribution is -0.145. The molecule has 0 saturated carbocycles. The van der Waals surface area contributed by atoms with Crippen LogP contribution in [0.3, 0.4) is 0 Å². The molecule has 0 N–H and O–H groups in total. The van der Waals surface area contributed by atoms with Gasteiger partial charge in [-0.25, -0.2) is 23.5 Å². The molecule has 0 aliphatic carbocycles. The summed E-state index contributed by atoms with van der Waals surface area (Å²) in [6, 6.07) is 5.13. The Labute approximate surface area is 205 Å². The fourth-order valence-electron chi connectivity index (χ4n) is 3.05. The lowest BCUT2D eigenvalue weighted by atomic mass is 10.2. The molecule has 0 saturated heterocycles. The second kappa shape index (κ2) is 10.8. The number of ether oxygens (including phenoxy) is 3. The Morgan fingerprint density at radius 2 is 1.89 bits per heavy atom. The van der Waals surface area contributed by atoms with E-state index in [1.165, 1.54) is 18.3 Å². The minimum absolute atomic E-state index is 0.0537. The van der Waals surface area contributed by atoms with E-state index in [1.807, 2.05) is 0 Å². The molecule has 3 rings (SSSR count). The summed E-state index contributed by atoms with van der Waals surface area (Å²) >= 11 is 6.07. The van der Waals surface area contributed by atoms with Crippen molar-refractivity contribution in [1.82, 2.24) is 14.1 Å². The summed E-state index contributed by atoms with van der Waals surface area (Å²) in [5.74, 6) is -2.21. The molecule has 0 bridgehead atoms. The van der Waals surface area contributed by atoms with E-state index in [9.17, 15) is 31.9 Å². The summed E-state index contributed by atoms with van der Waals surface area (Å²) in [7, 11) is 1.02. The van der Waals surface area contributed by atoms with E-state index in [0.29, 0.717) is 15.2 Å². The zero-order chi connectivity index (χ0) is 26.6. The van der Waals surface area contributed by atoms with Gasteiger partial charge >= 0.3 is 17.8 Å². The Hall–Kier alpha value is -3.87. The number of rotatable bonds is 8. The highest BCUT2D eigenvalue weighted by Gasteiger charge is 2.30. The summed E-state index contributed by atoms with van der Waals surface area (Å²) in [5, 5.41) is -0.269. The van der Waals surface area contributed by atoms with Crippen LogP contribution in [0.4, 0.5) is 17.6 Å². The average Bonchev–Trinajstić information content (AvgIpc) is 2.79. The molecule has 0 spiro atoms. The molecule has 192 valence electrons. The first kappa shape index (κ1) is 26.7. The zero-order valence-corrected chi connectivity index (χ0v) is 19.5. The molecule has 36 heavy (non-hydrogen) atoms. The fraction of sp³-hybridized carbons (Fsp3) is 0.273. The molecule has 0 radical (unpaired) electrons. The first-order valence-electron chi connectivity index (χ1n) is 10.2. The molecule has 0 atom stereocenters. The highest BCUT2D eigenvalue weighted by molar-refractivity contribution is 6.32. The molecule has 0 unspecified atom stereocenters. The molecule has 0 aliphatic heterocycles. The minimum atomic E-state index is -4.67. The highest BCUT2D eigenvalue weighted by Crippen LogP contribution is 2.36. The van der Waals surface area contributed by atoms with Crippen LogP contribution >= 0.6 is 11.6 Å². The fourth-order valence-corrected chi connectivity index (χ4v) is 3.24. The van der Waals surface area contributed by atoms with Gasteiger partial charge in [0.2, 0.25) is 0 Å². The van der Waals surface area contributed by atoms with Gasteiger partial charge in [-0.1, -0.05) is 11.6 Å². The SMILES string of the molecule is CCOC(=O)COc1ncccc1Oc1cc(-n2c(=O)cc(CC(F)(F)F)n(C)c2=O)c(F)cc1Cl. The van der Waals surface area contributed by atoms with E-state index in [4.69, 9.17) is 25.8 Å². The van der Waals surface area contributed by atoms with Crippen molar-refractivity contribution in [1.29, 1.82) is 0 Å². The van der Waals surface area contributed by atoms with Crippen molar-refractivity contribution >= 4 is 17.6 Å². The monoisotopic (exact) mass is 531 g/mol. The predicted octanol–water partition coefficient (Wildman–Crippen LogP) is 3.56. The van der Waals surface area contributed by atoms with E-state index in [2.05, 4.69) is 4.98 Å². The van der Waals surface area contributed by atoms with Crippen LogP contribution in [0.2, 0.25) is 5.02 Å². The number of benzene rings is 1. The maximum atomic E-state index is 14.8. The number of alkyl halides is 3. The maximum absolute atomic E-state index is 14.8. The molecule has 9 nitrogen and oxygen atoms in total. The van der Waals surface area contributed by atoms with Crippen molar-refractivity contribution in [3.63, 3.8) is 0 Å². The summed E-state index contributed by atoms with van der Waals surface area (Å²) in [4.78, 5) is 40.7. The Balaban J connectivity index is 2.02. The van der Waals surface area contributed by atoms with Crippen LogP contribution in [0.25, 0.3) is 5.69 Å². The lowest BCUT2D eigenvalue weighted by Crippen LogP contribution is -2.40. The second-order valence-electron chi connectivity index (χ2n) is 7.18. The smallest absolute Gasteiger partial charge is 0.394 e. The number of aromatic nitrogens is 3. The summed E-state index contributed by atoms with van der Waals surface area (Å²) < 4.78 is 69.8. The minimum Gasteiger partial charge on any atom is -0.463 e. The molecule has 2 heterocycles. The third-order valence-electron chi connectivity index (χ3n) is 4.63. The molecule has 14 heteroatoms. The van der Waals surface area contributed by atoms with Gasteiger partial charge in [0.25, 0.3) is 11.4 Å². The van der Waals surface area contributed by atoms with Crippen LogP contribution < -0.4 is 20.7 Å². The normalized spacial score (nSPS) is 11.3. The molecular weight excluding hydrogens is 514 g/mol. The number of carbonyl (C=O) groups excluding carboxylic acids is 1. The van der Waals surface area contributed by atoms with Gasteiger partial charge in [-0.3, -0.25) is 9.36 Å². The van der Waals surface area contributed by atoms with Crippen LogP contribution in [-0.2, 0) is 23.0 Å². The van der Waals surface area contributed by atoms with Crippen molar-refractivity contribution < 1.29 is 36.6 Å². The first-order valence-corrected chi connectivity index (χ1v) is 10.6. The first-order chi connectivity index (χ1) is 16.9. The molecular formula is C22H18ClF4N3O6. The lowest BCUT2D eigenvalue weighted by Gasteiger charge is -2.16. The Morgan fingerprint density at radius 1 is 1.17 bits per heavy atom. The average molecular weight is 532 g/mol. The van der Waals surface area contributed by atoms with Crippen molar-refractivity contribution in [3.05, 3.63) is 73.9 Å². The van der Waals surface area contributed by atoms with Crippen molar-refractivity contribution in [2.24, 2.45) is 7.05 Å². The van der Waals surface area contributed by atoms with Crippen LogP contribution in [-0.4, -0.2) is 39.5 Å². The van der Waals surface area contributed by atoms with Crippen LogP contribution in [0.15, 0.2) is 46.1 Å². The molecule has 3 aromatic rings. The van der Waals surface area contributed by atoms with Gasteiger partial charge in [-0.2, -0.15) is 13.2 Å². The zero-order valence-electron chi connectivity index (χ0n) is 18.8. The molecule has 0 aliphatic rings. The number of esters is 1. The molecule has 1 aromatic carbocycles. The second-order valence-corrected chi connectivity index (χ2v) is 7.59. The number of nitrogens with zero attached hydrogens (tertiary/aromatic N) is 3. The maximum Gasteiger partial charge on any atom is 0.394 e. The van der Waals surface area contributed by atoms with Crippen molar-refractivity contribution in [2.75, 3.05) is 13.2 Å². The molecule has 0 amide bonds. The standard InChI is InChI=1S/C22H18ClF4N3O6/c1-3-34-19(32)11-35-20-16(5-4-6-28-20)36-17-9-15(14(24)8-13(17)23)30-18(31)7-12(10-22(25,26)27)29(2)21(30)33/h4-9H,3,10-11H2,1-2H3. The van der Waals surface area contributed by atoms with Gasteiger partial charge in [0.15, 0.2) is 12.4 Å². The van der Waals surface area contributed by atoms with Gasteiger partial charge < -0.3 is 14.2 Å². The number of pyridine rings is 1. The molecule has 0 fully saturated rings. The van der Waals surface area contributed by atoms with Crippen molar-refractivity contribution in [3.8, 4) is 23.1 Å². The summed E-state index contributed by atoms with van der Waals surface area (Å²) in [6.45, 7) is 1.26. The quantitative estimate of drug-likeness (QED) is 0.323. The van der Waals surface area contributed by atoms with Gasteiger partial charge in [-0.15, -0.1) is 0 Å². The van der Waals surface area contributed by atoms with E-state index in [-0.39, 0.29) is 29.0 Å². The van der Waals surface area contributed by atoms with E-state index in [1.54, 1.807) is 6.92 Å². The largest absolute Gasteiger partial charge is 0.463 e. The highest BCUT2D eigenvalue weighted by atomic mass is 35.5. The van der Waals surface area contributed by atoms with Gasteiger partial charge in [0, 0.05) is 31.1 Å². The number of hydrogen-bond acceptors (Lipinski definition) is 7. The summed E-state index contributed by atoms with van der Waals surface area (Å²) in [6.07, 6.45) is -4.86. The van der Waals surface area contributed by atoms with E-state index < -0.39 is 53.6 Å². The van der Waals surface area contributed by atoms with E-state index in [0.717, 1.165) is 19.2 Å². The Morgan fingerprint density at radius 3 is 2.56 bits per heavy atom. The van der Waals surface area contributed by atoms with Gasteiger partial charge in [-0.05, 0) is 25.1 Å². The Kier molecular flexibility index (Phi) is 8.03. The predicted molar refractivity (Wildman–Crippen MR) is 118 cm³/mol. The van der Waals surface area contributed by atoms with Crippen molar-refractivity contribution in [2.45, 2.75) is 19.5 Å². The van der Waals surface area contributed by atoms with Gasteiger partial charge in [0.1, 0.15) is 11.6 Å². The number of carbonyl (C=O) groups is 1. The number of halogens is 5. The van der Waals surface area contributed by atoms with E-state index >= 15 is 0 Å². The Bertz CT molecular complexity index is 1400. The van der Waals surface area contributed by atoms with Crippen LogP contribution in [0.5, 0.6) is 17.4 Å².